The summed E-state index contributed by atoms with van der Waals surface area (Å²) in [6.45, 7) is 0. The van der Waals surface area contributed by atoms with Crippen LogP contribution in [0.1, 0.15) is 0 Å². The fourth-order valence-electron chi connectivity index (χ4n) is 0.429. The van der Waals surface area contributed by atoms with E-state index < -0.39 is 17.2 Å². The van der Waals surface area contributed by atoms with E-state index in [1.165, 1.54) is 0 Å². The second-order valence-electron chi connectivity index (χ2n) is 1.49. The van der Waals surface area contributed by atoms with Gasteiger partial charge in [0.15, 0.2) is 11.8 Å². The van der Waals surface area contributed by atoms with Crippen molar-refractivity contribution >= 4 is 0 Å². The van der Waals surface area contributed by atoms with Crippen molar-refractivity contribution in [1.29, 1.82) is 0 Å². The quantitative estimate of drug-likeness (QED) is 0.515. The van der Waals surface area contributed by atoms with E-state index in [2.05, 4.69) is 0 Å². The van der Waals surface area contributed by atoms with Crippen LogP contribution in [0.2, 0.25) is 0 Å². The monoisotopic (exact) mass is 131 g/mol. The van der Waals surface area contributed by atoms with E-state index in [0.717, 1.165) is 0 Å². The van der Waals surface area contributed by atoms with Crippen molar-refractivity contribution in [3.63, 3.8) is 0 Å². The molecular formula is C5H3F2NO. The Kier molecular flexibility index (Phi) is 1.30. The summed E-state index contributed by atoms with van der Waals surface area (Å²) in [5, 5.41) is 0. The molecule has 9 heavy (non-hydrogen) atoms. The highest BCUT2D eigenvalue weighted by Gasteiger charge is 1.96. The SMILES string of the molecule is O=c1cc(F)[nH]cc1F. The zero-order valence-corrected chi connectivity index (χ0v) is 4.32. The molecule has 0 saturated heterocycles. The van der Waals surface area contributed by atoms with Crippen LogP contribution in [0.25, 0.3) is 0 Å². The lowest BCUT2D eigenvalue weighted by Gasteiger charge is -1.85. The van der Waals surface area contributed by atoms with Gasteiger partial charge in [0.2, 0.25) is 5.43 Å². The first-order valence-electron chi connectivity index (χ1n) is 2.24. The van der Waals surface area contributed by atoms with Gasteiger partial charge >= 0.3 is 0 Å². The highest BCUT2D eigenvalue weighted by Crippen LogP contribution is 1.87. The minimum absolute atomic E-state index is 0.551. The maximum absolute atomic E-state index is 12.0. The maximum atomic E-state index is 12.0. The molecule has 0 aliphatic heterocycles. The van der Waals surface area contributed by atoms with E-state index in [1.54, 1.807) is 0 Å². The van der Waals surface area contributed by atoms with E-state index in [-0.39, 0.29) is 0 Å². The van der Waals surface area contributed by atoms with E-state index in [9.17, 15) is 13.6 Å². The molecule has 0 fully saturated rings. The molecule has 0 unspecified atom stereocenters. The van der Waals surface area contributed by atoms with Crippen LogP contribution in [-0.4, -0.2) is 4.98 Å². The Morgan fingerprint density at radius 2 is 2.11 bits per heavy atom. The Hall–Kier alpha value is -1.19. The number of aromatic nitrogens is 1. The van der Waals surface area contributed by atoms with Crippen LogP contribution in [0.5, 0.6) is 0 Å². The van der Waals surface area contributed by atoms with Gasteiger partial charge in [0.25, 0.3) is 0 Å². The van der Waals surface area contributed by atoms with Gasteiger partial charge in [0.05, 0.1) is 0 Å². The number of nitrogens with one attached hydrogen (secondary N) is 1. The first-order chi connectivity index (χ1) is 4.20. The van der Waals surface area contributed by atoms with Crippen molar-refractivity contribution in [2.75, 3.05) is 0 Å². The zero-order valence-electron chi connectivity index (χ0n) is 4.32. The van der Waals surface area contributed by atoms with Crippen LogP contribution in [0.3, 0.4) is 0 Å². The van der Waals surface area contributed by atoms with Crippen molar-refractivity contribution in [3.05, 3.63) is 34.3 Å². The molecule has 0 radical (unpaired) electrons. The second-order valence-corrected chi connectivity index (χ2v) is 1.49. The molecule has 0 bridgehead atoms. The van der Waals surface area contributed by atoms with Crippen molar-refractivity contribution < 1.29 is 8.78 Å². The predicted octanol–water partition coefficient (Wildman–Crippen LogP) is 0.653. The lowest BCUT2D eigenvalue weighted by molar-refractivity contribution is 0.553. The van der Waals surface area contributed by atoms with Gasteiger partial charge < -0.3 is 4.98 Å². The molecule has 0 aromatic carbocycles. The molecule has 0 aliphatic carbocycles. The minimum atomic E-state index is -0.976. The molecule has 0 aliphatic rings. The number of hydrogen-bond donors (Lipinski definition) is 1. The third-order valence-electron chi connectivity index (χ3n) is 0.830. The number of hydrogen-bond acceptors (Lipinski definition) is 1. The molecule has 0 saturated carbocycles. The highest BCUT2D eigenvalue weighted by atomic mass is 19.1. The Bertz CT molecular complexity index is 268. The number of pyridine rings is 1. The first-order valence-corrected chi connectivity index (χ1v) is 2.24. The number of halogens is 2. The maximum Gasteiger partial charge on any atom is 0.220 e. The van der Waals surface area contributed by atoms with Crippen LogP contribution in [0.4, 0.5) is 8.78 Å². The fourth-order valence-corrected chi connectivity index (χ4v) is 0.429. The summed E-state index contributed by atoms with van der Waals surface area (Å²) < 4.78 is 23.9. The van der Waals surface area contributed by atoms with Crippen LogP contribution in [0, 0.1) is 11.8 Å². The number of H-pyrrole nitrogens is 1. The van der Waals surface area contributed by atoms with Crippen molar-refractivity contribution in [3.8, 4) is 0 Å². The third kappa shape index (κ3) is 1.13. The van der Waals surface area contributed by atoms with Gasteiger partial charge in [-0.05, 0) is 0 Å². The second kappa shape index (κ2) is 1.97. The molecule has 2 nitrogen and oxygen atoms in total. The Morgan fingerprint density at radius 3 is 2.56 bits per heavy atom. The van der Waals surface area contributed by atoms with Crippen LogP contribution >= 0.6 is 0 Å². The highest BCUT2D eigenvalue weighted by molar-refractivity contribution is 4.95. The Balaban J connectivity index is 3.34. The van der Waals surface area contributed by atoms with Crippen molar-refractivity contribution in [2.45, 2.75) is 0 Å². The molecule has 1 aromatic rings. The molecule has 1 aromatic heterocycles. The summed E-state index contributed by atoms with van der Waals surface area (Å²) in [6, 6.07) is 0.551. The molecule has 48 valence electrons. The largest absolute Gasteiger partial charge is 0.335 e. The smallest absolute Gasteiger partial charge is 0.220 e. The van der Waals surface area contributed by atoms with Gasteiger partial charge in [0, 0.05) is 12.3 Å². The minimum Gasteiger partial charge on any atom is -0.335 e. The van der Waals surface area contributed by atoms with Gasteiger partial charge in [-0.25, -0.2) is 4.39 Å². The molecule has 1 N–H and O–H groups in total. The standard InChI is InChI=1S/C5H3F2NO/c6-3-2-8-5(7)1-4(3)9/h1-2H,(H,8,9). The molecule has 0 amide bonds. The van der Waals surface area contributed by atoms with Crippen molar-refractivity contribution in [1.82, 2.24) is 4.98 Å². The lowest BCUT2D eigenvalue weighted by atomic mass is 10.5. The summed E-state index contributed by atoms with van der Waals surface area (Å²) in [6.07, 6.45) is 0.678. The predicted molar refractivity (Wildman–Crippen MR) is 27.0 cm³/mol. The first kappa shape index (κ1) is 5.94. The van der Waals surface area contributed by atoms with Gasteiger partial charge in [-0.2, -0.15) is 4.39 Å². The van der Waals surface area contributed by atoms with Crippen LogP contribution in [0.15, 0.2) is 17.1 Å². The Labute approximate surface area is 49.1 Å². The number of aromatic amines is 1. The van der Waals surface area contributed by atoms with E-state index >= 15 is 0 Å². The lowest BCUT2D eigenvalue weighted by Crippen LogP contribution is -2.05. The average molecular weight is 131 g/mol. The molecular weight excluding hydrogens is 128 g/mol. The summed E-state index contributed by atoms with van der Waals surface area (Å²) in [5.74, 6) is -1.81. The summed E-state index contributed by atoms with van der Waals surface area (Å²) in [5.41, 5.74) is -0.939. The molecule has 0 spiro atoms. The Morgan fingerprint density at radius 1 is 1.44 bits per heavy atom. The summed E-state index contributed by atoms with van der Waals surface area (Å²) in [4.78, 5) is 12.1. The molecule has 1 heterocycles. The van der Waals surface area contributed by atoms with Crippen LogP contribution < -0.4 is 5.43 Å². The summed E-state index contributed by atoms with van der Waals surface area (Å²) in [7, 11) is 0. The molecule has 0 atom stereocenters. The van der Waals surface area contributed by atoms with Crippen molar-refractivity contribution in [2.24, 2.45) is 0 Å². The van der Waals surface area contributed by atoms with E-state index in [0.29, 0.717) is 12.3 Å². The van der Waals surface area contributed by atoms with Gasteiger partial charge in [-0.1, -0.05) is 0 Å². The molecule has 4 heteroatoms. The molecule has 1 rings (SSSR count). The van der Waals surface area contributed by atoms with Gasteiger partial charge in [-0.15, -0.1) is 0 Å². The van der Waals surface area contributed by atoms with E-state index in [1.807, 2.05) is 4.98 Å². The number of rotatable bonds is 0. The third-order valence-corrected chi connectivity index (χ3v) is 0.830. The normalized spacial score (nSPS) is 9.56. The fraction of sp³-hybridized carbons (Fsp3) is 0. The van der Waals surface area contributed by atoms with Gasteiger partial charge in [0.1, 0.15) is 0 Å². The average Bonchev–Trinajstić information content (AvgIpc) is 1.80. The zero-order chi connectivity index (χ0) is 6.85. The van der Waals surface area contributed by atoms with E-state index in [4.69, 9.17) is 0 Å². The van der Waals surface area contributed by atoms with Crippen LogP contribution in [-0.2, 0) is 0 Å². The van der Waals surface area contributed by atoms with Gasteiger partial charge in [-0.3, -0.25) is 4.79 Å². The summed E-state index contributed by atoms with van der Waals surface area (Å²) >= 11 is 0. The topological polar surface area (TPSA) is 32.9 Å².